The zero-order valence-electron chi connectivity index (χ0n) is 10.7. The third-order valence-corrected chi connectivity index (χ3v) is 2.50. The van der Waals surface area contributed by atoms with Gasteiger partial charge in [0.05, 0.1) is 5.69 Å². The van der Waals surface area contributed by atoms with Crippen molar-refractivity contribution >= 4 is 5.91 Å². The van der Waals surface area contributed by atoms with E-state index in [0.29, 0.717) is 16.9 Å². The van der Waals surface area contributed by atoms with Gasteiger partial charge in [0.15, 0.2) is 0 Å². The monoisotopic (exact) mass is 267 g/mol. The fourth-order valence-electron chi connectivity index (χ4n) is 1.56. The summed E-state index contributed by atoms with van der Waals surface area (Å²) in [4.78, 5) is 12.1. The topological polar surface area (TPSA) is 72.7 Å². The quantitative estimate of drug-likeness (QED) is 0.836. The Kier molecular flexibility index (Phi) is 4.18. The highest BCUT2D eigenvalue weighted by atomic mass is 16.1. The second-order valence-electron chi connectivity index (χ2n) is 3.82. The molecule has 6 nitrogen and oxygen atoms in total. The van der Waals surface area contributed by atoms with Crippen molar-refractivity contribution in [2.45, 2.75) is 0 Å². The van der Waals surface area contributed by atoms with Crippen molar-refractivity contribution in [3.05, 3.63) is 73.2 Å². The summed E-state index contributed by atoms with van der Waals surface area (Å²) in [6.45, 7) is 7.20. The molecule has 1 heterocycles. The average molecular weight is 267 g/mol. The molecule has 1 N–H and O–H groups in total. The highest BCUT2D eigenvalue weighted by molar-refractivity contribution is 5.96. The predicted molar refractivity (Wildman–Crippen MR) is 75.1 cm³/mol. The molecule has 2 rings (SSSR count). The molecular weight excluding hydrogens is 254 g/mol. The lowest BCUT2D eigenvalue weighted by molar-refractivity contribution is 0.0967. The Morgan fingerprint density at radius 3 is 2.85 bits per heavy atom. The van der Waals surface area contributed by atoms with Gasteiger partial charge in [0.25, 0.3) is 5.91 Å². The van der Waals surface area contributed by atoms with Gasteiger partial charge >= 0.3 is 0 Å². The maximum Gasteiger partial charge on any atom is 0.255 e. The molecule has 0 saturated heterocycles. The van der Waals surface area contributed by atoms with Crippen molar-refractivity contribution in [1.82, 2.24) is 25.5 Å². The first-order valence-corrected chi connectivity index (χ1v) is 5.84. The van der Waals surface area contributed by atoms with E-state index in [1.807, 2.05) is 0 Å². The summed E-state index contributed by atoms with van der Waals surface area (Å²) in [7, 11) is 0. The number of rotatable bonds is 5. The molecular formula is C14H13N5O. The molecule has 0 saturated carbocycles. The van der Waals surface area contributed by atoms with E-state index in [-0.39, 0.29) is 5.91 Å². The van der Waals surface area contributed by atoms with Gasteiger partial charge in [-0.05, 0) is 40.8 Å². The predicted octanol–water partition coefficient (Wildman–Crippen LogP) is 1.65. The molecule has 0 aliphatic heterocycles. The number of allylic oxidation sites excluding steroid dienone is 3. The average Bonchev–Trinajstić information content (AvgIpc) is 3.01. The highest BCUT2D eigenvalue weighted by Crippen LogP contribution is 2.09. The molecule has 1 aromatic heterocycles. The van der Waals surface area contributed by atoms with Crippen LogP contribution in [0.3, 0.4) is 0 Å². The third-order valence-electron chi connectivity index (χ3n) is 2.50. The van der Waals surface area contributed by atoms with E-state index in [0.717, 1.165) is 0 Å². The maximum absolute atomic E-state index is 12.1. The third kappa shape index (κ3) is 3.05. The summed E-state index contributed by atoms with van der Waals surface area (Å²) >= 11 is 0. The first kappa shape index (κ1) is 13.4. The Balaban J connectivity index is 2.23. The van der Waals surface area contributed by atoms with Crippen LogP contribution in [-0.4, -0.2) is 26.1 Å². The first-order chi connectivity index (χ1) is 9.74. The van der Waals surface area contributed by atoms with Crippen LogP contribution >= 0.6 is 0 Å². The molecule has 20 heavy (non-hydrogen) atoms. The van der Waals surface area contributed by atoms with Crippen LogP contribution in [0.1, 0.15) is 10.4 Å². The molecule has 2 aromatic rings. The van der Waals surface area contributed by atoms with Crippen LogP contribution in [0, 0.1) is 0 Å². The lowest BCUT2D eigenvalue weighted by Crippen LogP contribution is -2.21. The van der Waals surface area contributed by atoms with Crippen LogP contribution in [0.25, 0.3) is 5.69 Å². The van der Waals surface area contributed by atoms with E-state index < -0.39 is 0 Å². The zero-order valence-corrected chi connectivity index (χ0v) is 10.7. The molecule has 0 aliphatic carbocycles. The number of carbonyl (C=O) groups excluding carboxylic acids is 1. The number of amides is 1. The van der Waals surface area contributed by atoms with Crippen molar-refractivity contribution in [2.75, 3.05) is 0 Å². The molecule has 0 aliphatic rings. The number of carbonyl (C=O) groups is 1. The van der Waals surface area contributed by atoms with Crippen LogP contribution in [0.5, 0.6) is 0 Å². The Labute approximate surface area is 116 Å². The number of nitrogens with zero attached hydrogens (tertiary/aromatic N) is 4. The van der Waals surface area contributed by atoms with E-state index in [1.54, 1.807) is 42.5 Å². The van der Waals surface area contributed by atoms with Gasteiger partial charge in [-0.15, -0.1) is 5.10 Å². The van der Waals surface area contributed by atoms with Crippen LogP contribution in [-0.2, 0) is 0 Å². The number of nitrogens with one attached hydrogen (secondary N) is 1. The molecule has 0 radical (unpaired) electrons. The summed E-state index contributed by atoms with van der Waals surface area (Å²) in [6, 6.07) is 6.97. The second-order valence-corrected chi connectivity index (χ2v) is 3.82. The van der Waals surface area contributed by atoms with Crippen LogP contribution in [0.4, 0.5) is 0 Å². The van der Waals surface area contributed by atoms with E-state index in [4.69, 9.17) is 0 Å². The fraction of sp³-hybridized carbons (Fsp3) is 0. The fourth-order valence-corrected chi connectivity index (χ4v) is 1.56. The van der Waals surface area contributed by atoms with E-state index >= 15 is 0 Å². The Bertz CT molecular complexity index is 658. The minimum absolute atomic E-state index is 0.243. The van der Waals surface area contributed by atoms with Crippen molar-refractivity contribution < 1.29 is 4.79 Å². The highest BCUT2D eigenvalue weighted by Gasteiger charge is 2.08. The molecule has 1 aromatic carbocycles. The van der Waals surface area contributed by atoms with Crippen LogP contribution in [0.2, 0.25) is 0 Å². The summed E-state index contributed by atoms with van der Waals surface area (Å²) < 4.78 is 1.48. The molecule has 1 amide bonds. The Morgan fingerprint density at radius 2 is 2.20 bits per heavy atom. The SMILES string of the molecule is C=C/C=C(\C=C)NC(=O)c1cccc(-n2cnnn2)c1. The number of tetrazole rings is 1. The molecule has 0 fully saturated rings. The maximum atomic E-state index is 12.1. The first-order valence-electron chi connectivity index (χ1n) is 5.84. The zero-order chi connectivity index (χ0) is 14.4. The van der Waals surface area contributed by atoms with E-state index in [9.17, 15) is 4.79 Å². The van der Waals surface area contributed by atoms with E-state index in [2.05, 4.69) is 34.0 Å². The number of benzene rings is 1. The smallest absolute Gasteiger partial charge is 0.255 e. The van der Waals surface area contributed by atoms with E-state index in [1.165, 1.54) is 11.0 Å². The Morgan fingerprint density at radius 1 is 1.35 bits per heavy atom. The normalized spacial score (nSPS) is 10.9. The second kappa shape index (κ2) is 6.24. The van der Waals surface area contributed by atoms with Gasteiger partial charge in [-0.1, -0.05) is 25.3 Å². The number of aromatic nitrogens is 4. The molecule has 100 valence electrons. The molecule has 6 heteroatoms. The summed E-state index contributed by atoms with van der Waals surface area (Å²) in [5.41, 5.74) is 1.78. The van der Waals surface area contributed by atoms with Gasteiger partial charge in [0, 0.05) is 11.3 Å². The molecule has 0 unspecified atom stereocenters. The van der Waals surface area contributed by atoms with Crippen molar-refractivity contribution in [3.63, 3.8) is 0 Å². The standard InChI is InChI=1S/C14H13N5O/c1-3-6-12(4-2)16-14(20)11-7-5-8-13(9-11)19-10-15-17-18-19/h3-10H,1-2H2,(H,16,20)/b12-6+. The number of hydrogen-bond acceptors (Lipinski definition) is 4. The number of hydrogen-bond donors (Lipinski definition) is 1. The van der Waals surface area contributed by atoms with Crippen molar-refractivity contribution in [1.29, 1.82) is 0 Å². The summed E-state index contributed by atoms with van der Waals surface area (Å²) in [5.74, 6) is -0.243. The minimum atomic E-state index is -0.243. The summed E-state index contributed by atoms with van der Waals surface area (Å²) in [6.07, 6.45) is 6.25. The minimum Gasteiger partial charge on any atom is -0.322 e. The van der Waals surface area contributed by atoms with Gasteiger partial charge < -0.3 is 5.32 Å². The van der Waals surface area contributed by atoms with Gasteiger partial charge in [0.1, 0.15) is 6.33 Å². The molecule has 0 spiro atoms. The van der Waals surface area contributed by atoms with Gasteiger partial charge in [-0.2, -0.15) is 0 Å². The summed E-state index contributed by atoms with van der Waals surface area (Å²) in [5, 5.41) is 13.6. The Hall–Kier alpha value is -3.02. The van der Waals surface area contributed by atoms with Gasteiger partial charge in [0.2, 0.25) is 0 Å². The van der Waals surface area contributed by atoms with Gasteiger partial charge in [-0.3, -0.25) is 4.79 Å². The van der Waals surface area contributed by atoms with Crippen molar-refractivity contribution in [3.8, 4) is 5.69 Å². The van der Waals surface area contributed by atoms with Crippen LogP contribution in [0.15, 0.2) is 67.7 Å². The molecule has 0 bridgehead atoms. The lowest BCUT2D eigenvalue weighted by Gasteiger charge is -2.07. The lowest BCUT2D eigenvalue weighted by atomic mass is 10.2. The molecule has 0 atom stereocenters. The van der Waals surface area contributed by atoms with Gasteiger partial charge in [-0.25, -0.2) is 4.68 Å². The largest absolute Gasteiger partial charge is 0.322 e. The van der Waals surface area contributed by atoms with Crippen molar-refractivity contribution in [2.24, 2.45) is 0 Å². The van der Waals surface area contributed by atoms with Crippen LogP contribution < -0.4 is 5.32 Å².